The van der Waals surface area contributed by atoms with Crippen molar-refractivity contribution in [1.29, 1.82) is 0 Å². The van der Waals surface area contributed by atoms with Crippen LogP contribution >= 0.6 is 23.2 Å². The molecule has 1 atom stereocenters. The SMILES string of the molecule is NC(=O)C(Cc1cc(F)c(F)c(F)c1F)NC(=O)CCCOc1cc(-c2cccnc2)nn1-c1ccc(Cl)c(Cl)c1. The third-order valence-corrected chi connectivity index (χ3v) is 6.60. The van der Waals surface area contributed by atoms with Gasteiger partial charge in [-0.1, -0.05) is 23.2 Å². The van der Waals surface area contributed by atoms with E-state index in [1.165, 1.54) is 4.68 Å². The highest BCUT2D eigenvalue weighted by molar-refractivity contribution is 6.42. The van der Waals surface area contributed by atoms with Crippen LogP contribution in [-0.2, 0) is 16.0 Å². The van der Waals surface area contributed by atoms with Gasteiger partial charge in [0, 0.05) is 36.9 Å². The molecule has 1 unspecified atom stereocenters. The highest BCUT2D eigenvalue weighted by Gasteiger charge is 2.25. The number of hydrogen-bond acceptors (Lipinski definition) is 5. The van der Waals surface area contributed by atoms with Crippen LogP contribution in [0.5, 0.6) is 5.88 Å². The Hall–Kier alpha value is -4.16. The molecule has 0 spiro atoms. The Labute approximate surface area is 241 Å². The van der Waals surface area contributed by atoms with Gasteiger partial charge in [-0.25, -0.2) is 22.2 Å². The smallest absolute Gasteiger partial charge is 0.240 e. The summed E-state index contributed by atoms with van der Waals surface area (Å²) in [5.41, 5.74) is 6.46. The quantitative estimate of drug-likeness (QED) is 0.105. The summed E-state index contributed by atoms with van der Waals surface area (Å²) in [5, 5.41) is 7.53. The highest BCUT2D eigenvalue weighted by atomic mass is 35.5. The van der Waals surface area contributed by atoms with Crippen molar-refractivity contribution in [2.75, 3.05) is 6.61 Å². The fourth-order valence-electron chi connectivity index (χ4n) is 3.81. The lowest BCUT2D eigenvalue weighted by atomic mass is 10.0. The lowest BCUT2D eigenvalue weighted by Gasteiger charge is -2.16. The number of hydrogen-bond donors (Lipinski definition) is 2. The number of ether oxygens (including phenoxy) is 1. The number of aromatic nitrogens is 3. The van der Waals surface area contributed by atoms with Gasteiger partial charge in [0.05, 0.1) is 28.0 Å². The first-order chi connectivity index (χ1) is 19.5. The van der Waals surface area contributed by atoms with Crippen LogP contribution in [0.2, 0.25) is 10.0 Å². The lowest BCUT2D eigenvalue weighted by Crippen LogP contribution is -2.46. The summed E-state index contributed by atoms with van der Waals surface area (Å²) in [7, 11) is 0. The van der Waals surface area contributed by atoms with Gasteiger partial charge in [0.15, 0.2) is 23.3 Å². The molecule has 2 aromatic heterocycles. The number of primary amides is 1. The number of halogens is 6. The number of nitrogens with zero attached hydrogens (tertiary/aromatic N) is 3. The van der Waals surface area contributed by atoms with Crippen molar-refractivity contribution in [1.82, 2.24) is 20.1 Å². The molecule has 2 amide bonds. The van der Waals surface area contributed by atoms with Crippen molar-refractivity contribution in [3.8, 4) is 22.8 Å². The van der Waals surface area contributed by atoms with Crippen molar-refractivity contribution in [2.24, 2.45) is 5.73 Å². The number of rotatable bonds is 11. The zero-order chi connectivity index (χ0) is 29.7. The van der Waals surface area contributed by atoms with E-state index >= 15 is 0 Å². The van der Waals surface area contributed by atoms with E-state index in [1.54, 1.807) is 42.7 Å². The first-order valence-corrected chi connectivity index (χ1v) is 12.8. The molecule has 0 saturated carbocycles. The van der Waals surface area contributed by atoms with Crippen LogP contribution in [0.25, 0.3) is 16.9 Å². The molecule has 0 aliphatic carbocycles. The van der Waals surface area contributed by atoms with E-state index in [0.717, 1.165) is 5.56 Å². The first kappa shape index (κ1) is 29.8. The summed E-state index contributed by atoms with van der Waals surface area (Å²) in [6, 6.07) is 9.06. The summed E-state index contributed by atoms with van der Waals surface area (Å²) in [5.74, 6) is -8.74. The van der Waals surface area contributed by atoms with Crippen LogP contribution < -0.4 is 15.8 Å². The predicted molar refractivity (Wildman–Crippen MR) is 143 cm³/mol. The Morgan fingerprint density at radius 3 is 2.49 bits per heavy atom. The standard InChI is InChI=1S/C27H21Cl2F4N5O3/c28-17-6-5-16(11-18(17)29)38-23(12-20(37-38)14-3-1-7-35-13-14)41-8-2-4-22(39)36-21(27(34)40)10-15-9-19(30)25(32)26(33)24(15)31/h1,3,5-7,9,11-13,21H,2,4,8,10H2,(H2,34,40)(H,36,39). The molecule has 4 aromatic rings. The van der Waals surface area contributed by atoms with Crippen molar-refractivity contribution >= 4 is 35.0 Å². The minimum absolute atomic E-state index is 0.0389. The van der Waals surface area contributed by atoms with E-state index < -0.39 is 53.1 Å². The van der Waals surface area contributed by atoms with E-state index in [4.69, 9.17) is 33.7 Å². The number of carbonyl (C=O) groups excluding carboxylic acids is 2. The first-order valence-electron chi connectivity index (χ1n) is 12.0. The largest absolute Gasteiger partial charge is 0.478 e. The molecule has 214 valence electrons. The van der Waals surface area contributed by atoms with Crippen molar-refractivity contribution in [2.45, 2.75) is 25.3 Å². The fraction of sp³-hybridized carbons (Fsp3) is 0.185. The molecule has 0 bridgehead atoms. The van der Waals surface area contributed by atoms with E-state index in [-0.39, 0.29) is 19.4 Å². The molecule has 2 heterocycles. The molecule has 14 heteroatoms. The van der Waals surface area contributed by atoms with Crippen LogP contribution in [0.1, 0.15) is 18.4 Å². The molecule has 8 nitrogen and oxygen atoms in total. The van der Waals surface area contributed by atoms with Crippen molar-refractivity contribution in [3.63, 3.8) is 0 Å². The fourth-order valence-corrected chi connectivity index (χ4v) is 4.11. The number of nitrogens with two attached hydrogens (primary N) is 1. The molecule has 3 N–H and O–H groups in total. The normalized spacial score (nSPS) is 11.8. The second kappa shape index (κ2) is 13.0. The third kappa shape index (κ3) is 7.14. The summed E-state index contributed by atoms with van der Waals surface area (Å²) in [4.78, 5) is 28.3. The Morgan fingerprint density at radius 2 is 1.80 bits per heavy atom. The van der Waals surface area contributed by atoms with Gasteiger partial charge < -0.3 is 15.8 Å². The molecule has 2 aromatic carbocycles. The predicted octanol–water partition coefficient (Wildman–Crippen LogP) is 5.17. The minimum Gasteiger partial charge on any atom is -0.478 e. The zero-order valence-electron chi connectivity index (χ0n) is 21.0. The number of pyridine rings is 1. The minimum atomic E-state index is -2.03. The van der Waals surface area contributed by atoms with Crippen LogP contribution in [0.15, 0.2) is 54.9 Å². The molecule has 0 radical (unpaired) electrons. The number of amides is 2. The van der Waals surface area contributed by atoms with Crippen molar-refractivity contribution in [3.05, 3.63) is 93.7 Å². The van der Waals surface area contributed by atoms with E-state index in [2.05, 4.69) is 15.4 Å². The Kier molecular flexibility index (Phi) is 9.46. The number of benzene rings is 2. The van der Waals surface area contributed by atoms with E-state index in [0.29, 0.717) is 33.4 Å². The van der Waals surface area contributed by atoms with Gasteiger partial charge in [0.25, 0.3) is 0 Å². The summed E-state index contributed by atoms with van der Waals surface area (Å²) in [6.45, 7) is 0.0389. The van der Waals surface area contributed by atoms with Crippen molar-refractivity contribution < 1.29 is 31.9 Å². The maximum atomic E-state index is 14.0. The Balaban J connectivity index is 1.41. The van der Waals surface area contributed by atoms with Crippen LogP contribution in [0, 0.1) is 23.3 Å². The average molecular weight is 610 g/mol. The van der Waals surface area contributed by atoms with Gasteiger partial charge in [-0.3, -0.25) is 14.6 Å². The summed E-state index contributed by atoms with van der Waals surface area (Å²) in [6.07, 6.45) is 2.59. The Bertz CT molecular complexity index is 1590. The van der Waals surface area contributed by atoms with Gasteiger partial charge in [0.1, 0.15) is 6.04 Å². The molecule has 0 aliphatic heterocycles. The highest BCUT2D eigenvalue weighted by Crippen LogP contribution is 2.30. The molecule has 0 fully saturated rings. The second-order valence-electron chi connectivity index (χ2n) is 8.76. The monoisotopic (exact) mass is 609 g/mol. The molecule has 4 rings (SSSR count). The zero-order valence-corrected chi connectivity index (χ0v) is 22.5. The van der Waals surface area contributed by atoms with Gasteiger partial charge >= 0.3 is 0 Å². The third-order valence-electron chi connectivity index (χ3n) is 5.86. The number of carbonyl (C=O) groups is 2. The number of nitrogens with one attached hydrogen (secondary N) is 1. The molecule has 0 aliphatic rings. The van der Waals surface area contributed by atoms with Crippen LogP contribution in [0.4, 0.5) is 17.6 Å². The molecular formula is C27H21Cl2F4N5O3. The van der Waals surface area contributed by atoms with E-state index in [9.17, 15) is 27.2 Å². The summed E-state index contributed by atoms with van der Waals surface area (Å²) >= 11 is 12.2. The lowest BCUT2D eigenvalue weighted by molar-refractivity contribution is -0.127. The Morgan fingerprint density at radius 1 is 1.02 bits per heavy atom. The van der Waals surface area contributed by atoms with E-state index in [1.807, 2.05) is 6.07 Å². The second-order valence-corrected chi connectivity index (χ2v) is 9.57. The molecule has 41 heavy (non-hydrogen) atoms. The maximum absolute atomic E-state index is 14.0. The molecular weight excluding hydrogens is 589 g/mol. The van der Waals surface area contributed by atoms with Gasteiger partial charge in [0.2, 0.25) is 17.7 Å². The average Bonchev–Trinajstić information content (AvgIpc) is 3.38. The van der Waals surface area contributed by atoms with Gasteiger partial charge in [-0.05, 0) is 48.4 Å². The topological polar surface area (TPSA) is 112 Å². The van der Waals surface area contributed by atoms with Crippen LogP contribution in [-0.4, -0.2) is 39.2 Å². The van der Waals surface area contributed by atoms with Crippen LogP contribution in [0.3, 0.4) is 0 Å². The maximum Gasteiger partial charge on any atom is 0.240 e. The molecule has 0 saturated heterocycles. The van der Waals surface area contributed by atoms with Gasteiger partial charge in [-0.15, -0.1) is 0 Å². The summed E-state index contributed by atoms with van der Waals surface area (Å²) < 4.78 is 61.7. The van der Waals surface area contributed by atoms with Gasteiger partial charge in [-0.2, -0.15) is 5.10 Å².